The van der Waals surface area contributed by atoms with Crippen molar-refractivity contribution in [2.45, 2.75) is 13.0 Å². The molecule has 1 rings (SSSR count). The van der Waals surface area contributed by atoms with E-state index in [4.69, 9.17) is 16.3 Å². The summed E-state index contributed by atoms with van der Waals surface area (Å²) in [6.07, 6.45) is -0.486. The number of benzene rings is 1. The van der Waals surface area contributed by atoms with Crippen LogP contribution in [0.5, 0.6) is 5.75 Å². The van der Waals surface area contributed by atoms with Crippen molar-refractivity contribution in [2.24, 2.45) is 0 Å². The molecule has 0 saturated heterocycles. The minimum atomic E-state index is -0.486. The van der Waals surface area contributed by atoms with E-state index < -0.39 is 6.10 Å². The molecule has 1 unspecified atom stereocenters. The third kappa shape index (κ3) is 5.02. The van der Waals surface area contributed by atoms with Gasteiger partial charge in [0.25, 0.3) is 0 Å². The van der Waals surface area contributed by atoms with Gasteiger partial charge in [0, 0.05) is 11.6 Å². The van der Waals surface area contributed by atoms with E-state index in [1.54, 1.807) is 24.3 Å². The third-order valence-electron chi connectivity index (χ3n) is 1.89. The molecule has 15 heavy (non-hydrogen) atoms. The summed E-state index contributed by atoms with van der Waals surface area (Å²) in [5, 5.41) is 13.2. The zero-order chi connectivity index (χ0) is 11.1. The van der Waals surface area contributed by atoms with E-state index in [1.807, 2.05) is 6.92 Å². The Kier molecular flexibility index (Phi) is 5.47. The molecule has 0 fully saturated rings. The van der Waals surface area contributed by atoms with E-state index in [-0.39, 0.29) is 6.61 Å². The molecule has 0 amide bonds. The minimum Gasteiger partial charge on any atom is -0.491 e. The lowest BCUT2D eigenvalue weighted by molar-refractivity contribution is 0.107. The maximum absolute atomic E-state index is 9.48. The molecule has 0 aliphatic heterocycles. The molecule has 4 heteroatoms. The van der Waals surface area contributed by atoms with Gasteiger partial charge < -0.3 is 15.2 Å². The van der Waals surface area contributed by atoms with Crippen molar-refractivity contribution in [3.05, 3.63) is 29.3 Å². The second-order valence-corrected chi connectivity index (χ2v) is 3.66. The van der Waals surface area contributed by atoms with Gasteiger partial charge in [0.05, 0.1) is 0 Å². The van der Waals surface area contributed by atoms with E-state index in [9.17, 15) is 5.11 Å². The number of likely N-dealkylation sites (N-methyl/N-ethyl adjacent to an activating group) is 1. The van der Waals surface area contributed by atoms with Crippen LogP contribution in [-0.2, 0) is 0 Å². The molecule has 1 aromatic rings. The number of ether oxygens (including phenoxy) is 1. The Hall–Kier alpha value is -0.770. The van der Waals surface area contributed by atoms with Gasteiger partial charge in [-0.1, -0.05) is 18.5 Å². The van der Waals surface area contributed by atoms with Gasteiger partial charge in [-0.3, -0.25) is 0 Å². The fourth-order valence-corrected chi connectivity index (χ4v) is 1.22. The summed E-state index contributed by atoms with van der Waals surface area (Å²) in [6, 6.07) is 7.08. The molecule has 84 valence electrons. The molecule has 1 aromatic carbocycles. The lowest BCUT2D eigenvalue weighted by Crippen LogP contribution is -2.31. The summed E-state index contributed by atoms with van der Waals surface area (Å²) in [6.45, 7) is 3.67. The number of halogens is 1. The van der Waals surface area contributed by atoms with Crippen molar-refractivity contribution in [1.29, 1.82) is 0 Å². The van der Waals surface area contributed by atoms with Crippen molar-refractivity contribution in [3.8, 4) is 5.75 Å². The van der Waals surface area contributed by atoms with Gasteiger partial charge in [0.2, 0.25) is 0 Å². The summed E-state index contributed by atoms with van der Waals surface area (Å²) in [5.74, 6) is 0.718. The zero-order valence-corrected chi connectivity index (χ0v) is 9.50. The highest BCUT2D eigenvalue weighted by Gasteiger charge is 2.03. The molecule has 3 nitrogen and oxygen atoms in total. The van der Waals surface area contributed by atoms with Crippen LogP contribution in [0.15, 0.2) is 24.3 Å². The quantitative estimate of drug-likeness (QED) is 0.780. The average molecular weight is 230 g/mol. The Morgan fingerprint density at radius 3 is 2.67 bits per heavy atom. The predicted octanol–water partition coefficient (Wildman–Crippen LogP) is 1.69. The van der Waals surface area contributed by atoms with E-state index >= 15 is 0 Å². The molecule has 0 aliphatic rings. The molecule has 0 aliphatic carbocycles. The molecular formula is C11H16ClNO2. The maximum Gasteiger partial charge on any atom is 0.119 e. The molecule has 2 N–H and O–H groups in total. The average Bonchev–Trinajstić information content (AvgIpc) is 2.25. The highest BCUT2D eigenvalue weighted by molar-refractivity contribution is 6.30. The van der Waals surface area contributed by atoms with Crippen LogP contribution in [0, 0.1) is 0 Å². The highest BCUT2D eigenvalue weighted by atomic mass is 35.5. The van der Waals surface area contributed by atoms with Crippen LogP contribution in [-0.4, -0.2) is 30.9 Å². The molecule has 0 heterocycles. The zero-order valence-electron chi connectivity index (χ0n) is 8.74. The van der Waals surface area contributed by atoms with Gasteiger partial charge in [-0.2, -0.15) is 0 Å². The topological polar surface area (TPSA) is 41.5 Å². The number of aliphatic hydroxyl groups is 1. The summed E-state index contributed by atoms with van der Waals surface area (Å²) in [4.78, 5) is 0. The van der Waals surface area contributed by atoms with E-state index in [0.717, 1.165) is 12.3 Å². The first-order valence-corrected chi connectivity index (χ1v) is 5.37. The van der Waals surface area contributed by atoms with Crippen molar-refractivity contribution in [2.75, 3.05) is 19.7 Å². The monoisotopic (exact) mass is 229 g/mol. The molecular weight excluding hydrogens is 214 g/mol. The summed E-state index contributed by atoms with van der Waals surface area (Å²) >= 11 is 5.73. The number of nitrogens with one attached hydrogen (secondary N) is 1. The highest BCUT2D eigenvalue weighted by Crippen LogP contribution is 2.15. The Morgan fingerprint density at radius 2 is 2.07 bits per heavy atom. The SMILES string of the molecule is CCNCC(O)COc1ccc(Cl)cc1. The number of hydrogen-bond acceptors (Lipinski definition) is 3. The Balaban J connectivity index is 2.27. The molecule has 0 saturated carbocycles. The van der Waals surface area contributed by atoms with Crippen LogP contribution in [0.4, 0.5) is 0 Å². The Morgan fingerprint density at radius 1 is 1.40 bits per heavy atom. The van der Waals surface area contributed by atoms with E-state index in [2.05, 4.69) is 5.32 Å². The lowest BCUT2D eigenvalue weighted by Gasteiger charge is -2.12. The van der Waals surface area contributed by atoms with Crippen molar-refractivity contribution < 1.29 is 9.84 Å². The maximum atomic E-state index is 9.48. The van der Waals surface area contributed by atoms with Gasteiger partial charge in [-0.25, -0.2) is 0 Å². The van der Waals surface area contributed by atoms with Crippen LogP contribution in [0.2, 0.25) is 5.02 Å². The van der Waals surface area contributed by atoms with Crippen LogP contribution in [0.3, 0.4) is 0 Å². The van der Waals surface area contributed by atoms with Crippen LogP contribution in [0.1, 0.15) is 6.92 Å². The van der Waals surface area contributed by atoms with Crippen LogP contribution in [0.25, 0.3) is 0 Å². The second kappa shape index (κ2) is 6.67. The number of aliphatic hydroxyl groups excluding tert-OH is 1. The second-order valence-electron chi connectivity index (χ2n) is 3.23. The molecule has 0 radical (unpaired) electrons. The first-order valence-electron chi connectivity index (χ1n) is 4.99. The third-order valence-corrected chi connectivity index (χ3v) is 2.14. The van der Waals surface area contributed by atoms with Gasteiger partial charge >= 0.3 is 0 Å². The fraction of sp³-hybridized carbons (Fsp3) is 0.455. The van der Waals surface area contributed by atoms with E-state index in [0.29, 0.717) is 11.6 Å². The normalized spacial score (nSPS) is 12.5. The summed E-state index contributed by atoms with van der Waals surface area (Å²) < 4.78 is 5.37. The lowest BCUT2D eigenvalue weighted by atomic mass is 10.3. The molecule has 0 bridgehead atoms. The van der Waals surface area contributed by atoms with Gasteiger partial charge in [0.1, 0.15) is 18.5 Å². The number of hydrogen-bond donors (Lipinski definition) is 2. The van der Waals surface area contributed by atoms with Crippen molar-refractivity contribution in [1.82, 2.24) is 5.32 Å². The van der Waals surface area contributed by atoms with Crippen LogP contribution >= 0.6 is 11.6 Å². The Bertz CT molecular complexity index is 276. The summed E-state index contributed by atoms with van der Waals surface area (Å²) in [7, 11) is 0. The van der Waals surface area contributed by atoms with Gasteiger partial charge in [0.15, 0.2) is 0 Å². The number of rotatable bonds is 6. The van der Waals surface area contributed by atoms with Gasteiger partial charge in [-0.15, -0.1) is 0 Å². The smallest absolute Gasteiger partial charge is 0.119 e. The Labute approximate surface area is 95.0 Å². The van der Waals surface area contributed by atoms with Gasteiger partial charge in [-0.05, 0) is 30.8 Å². The molecule has 0 spiro atoms. The minimum absolute atomic E-state index is 0.286. The largest absolute Gasteiger partial charge is 0.491 e. The standard InChI is InChI=1S/C11H16ClNO2/c1-2-13-7-10(14)8-15-11-5-3-9(12)4-6-11/h3-6,10,13-14H,2,7-8H2,1H3. The molecule has 0 aromatic heterocycles. The summed E-state index contributed by atoms with van der Waals surface area (Å²) in [5.41, 5.74) is 0. The van der Waals surface area contributed by atoms with Crippen molar-refractivity contribution >= 4 is 11.6 Å². The predicted molar refractivity (Wildman–Crippen MR) is 61.5 cm³/mol. The first-order chi connectivity index (χ1) is 7.22. The van der Waals surface area contributed by atoms with E-state index in [1.165, 1.54) is 0 Å². The molecule has 1 atom stereocenters. The first kappa shape index (κ1) is 12.3. The fourth-order valence-electron chi connectivity index (χ4n) is 1.09. The van der Waals surface area contributed by atoms with Crippen molar-refractivity contribution in [3.63, 3.8) is 0 Å². The van der Waals surface area contributed by atoms with Crippen LogP contribution < -0.4 is 10.1 Å².